The van der Waals surface area contributed by atoms with Gasteiger partial charge in [0.2, 0.25) is 5.91 Å². The van der Waals surface area contributed by atoms with Gasteiger partial charge in [-0.15, -0.1) is 0 Å². The first-order valence-electron chi connectivity index (χ1n) is 12.9. The van der Waals surface area contributed by atoms with E-state index in [1.54, 1.807) is 11.8 Å². The van der Waals surface area contributed by atoms with Crippen LogP contribution in [0.25, 0.3) is 11.1 Å². The van der Waals surface area contributed by atoms with E-state index in [2.05, 4.69) is 20.1 Å². The minimum Gasteiger partial charge on any atom is -0.502 e. The Balaban J connectivity index is 1.31. The summed E-state index contributed by atoms with van der Waals surface area (Å²) in [5.41, 5.74) is 2.86. The second-order valence-electron chi connectivity index (χ2n) is 10.2. The molecule has 1 aliphatic rings. The third-order valence-electron chi connectivity index (χ3n) is 6.75. The highest BCUT2D eigenvalue weighted by atomic mass is 32.2. The molecule has 1 aliphatic heterocycles. The van der Waals surface area contributed by atoms with E-state index in [9.17, 15) is 20.0 Å². The zero-order valence-corrected chi connectivity index (χ0v) is 23.1. The number of benzene rings is 2. The highest BCUT2D eigenvalue weighted by molar-refractivity contribution is 7.99. The van der Waals surface area contributed by atoms with E-state index in [1.807, 2.05) is 52.0 Å². The summed E-state index contributed by atoms with van der Waals surface area (Å²) in [5.74, 6) is 0.0144. The number of hydrogen-bond acceptors (Lipinski definition) is 9. The van der Waals surface area contributed by atoms with Crippen molar-refractivity contribution in [3.05, 3.63) is 51.6 Å². The third kappa shape index (κ3) is 6.46. The third-order valence-corrected chi connectivity index (χ3v) is 7.56. The Morgan fingerprint density at radius 3 is 2.47 bits per heavy atom. The molecule has 10 nitrogen and oxygen atoms in total. The molecule has 1 aromatic heterocycles. The average molecular weight is 542 g/mol. The van der Waals surface area contributed by atoms with Gasteiger partial charge in [-0.3, -0.25) is 24.7 Å². The summed E-state index contributed by atoms with van der Waals surface area (Å²) in [5, 5.41) is 25.8. The summed E-state index contributed by atoms with van der Waals surface area (Å²) in [7, 11) is 0. The van der Waals surface area contributed by atoms with Crippen molar-refractivity contribution >= 4 is 40.1 Å². The fourth-order valence-electron chi connectivity index (χ4n) is 4.72. The van der Waals surface area contributed by atoms with Crippen LogP contribution >= 0.6 is 11.8 Å². The lowest BCUT2D eigenvalue weighted by molar-refractivity contribution is -0.386. The van der Waals surface area contributed by atoms with Gasteiger partial charge < -0.3 is 14.8 Å². The van der Waals surface area contributed by atoms with Crippen LogP contribution in [0.3, 0.4) is 0 Å². The van der Waals surface area contributed by atoms with Gasteiger partial charge in [-0.25, -0.2) is 4.98 Å². The molecular formula is C27H35N5O5S. The quantitative estimate of drug-likeness (QED) is 0.206. The number of fused-ring (bicyclic) bond motifs is 1. The van der Waals surface area contributed by atoms with Crippen LogP contribution < -0.4 is 5.32 Å². The minimum absolute atomic E-state index is 0.0710. The van der Waals surface area contributed by atoms with Gasteiger partial charge in [-0.1, -0.05) is 51.6 Å². The van der Waals surface area contributed by atoms with E-state index in [0.717, 1.165) is 49.6 Å². The number of amides is 1. The molecule has 3 aromatic rings. The van der Waals surface area contributed by atoms with Crippen molar-refractivity contribution in [1.29, 1.82) is 0 Å². The molecule has 1 fully saturated rings. The van der Waals surface area contributed by atoms with Crippen molar-refractivity contribution in [1.82, 2.24) is 14.8 Å². The molecule has 0 saturated carbocycles. The number of phenols is 1. The lowest BCUT2D eigenvalue weighted by Gasteiger charge is -2.34. The molecule has 0 spiro atoms. The maximum atomic E-state index is 13.0. The summed E-state index contributed by atoms with van der Waals surface area (Å²) in [4.78, 5) is 32.9. The van der Waals surface area contributed by atoms with Crippen molar-refractivity contribution < 1.29 is 19.2 Å². The van der Waals surface area contributed by atoms with Crippen molar-refractivity contribution in [2.45, 2.75) is 44.8 Å². The number of para-hydroxylation sites is 2. The summed E-state index contributed by atoms with van der Waals surface area (Å²) < 4.78 is 5.77. The number of rotatable bonds is 10. The van der Waals surface area contributed by atoms with Gasteiger partial charge in [0, 0.05) is 50.1 Å². The van der Waals surface area contributed by atoms with Gasteiger partial charge in [0.05, 0.1) is 17.2 Å². The van der Waals surface area contributed by atoms with Gasteiger partial charge in [-0.2, -0.15) is 0 Å². The number of nitrogens with one attached hydrogen (secondary N) is 1. The molecule has 0 bridgehead atoms. The van der Waals surface area contributed by atoms with Crippen LogP contribution in [-0.4, -0.2) is 75.7 Å². The van der Waals surface area contributed by atoms with Crippen LogP contribution in [0.1, 0.15) is 50.7 Å². The molecular weight excluding hydrogens is 506 g/mol. The number of aromatic hydroxyl groups is 1. The Morgan fingerprint density at radius 1 is 1.16 bits per heavy atom. The second-order valence-corrected chi connectivity index (χ2v) is 11.2. The molecule has 4 rings (SSSR count). The number of aromatic nitrogens is 1. The smallest absolute Gasteiger partial charge is 0.311 e. The van der Waals surface area contributed by atoms with Crippen LogP contribution in [0.2, 0.25) is 0 Å². The van der Waals surface area contributed by atoms with E-state index in [4.69, 9.17) is 4.42 Å². The lowest BCUT2D eigenvalue weighted by Crippen LogP contribution is -2.49. The number of anilines is 1. The molecule has 0 atom stereocenters. The number of oxazole rings is 1. The molecule has 2 aromatic carbocycles. The van der Waals surface area contributed by atoms with Gasteiger partial charge in [-0.05, 0) is 29.5 Å². The van der Waals surface area contributed by atoms with E-state index in [1.165, 1.54) is 6.07 Å². The highest BCUT2D eigenvalue weighted by Crippen LogP contribution is 2.44. The van der Waals surface area contributed by atoms with Crippen LogP contribution in [0.5, 0.6) is 5.75 Å². The monoisotopic (exact) mass is 541 g/mol. The molecule has 2 heterocycles. The molecule has 0 radical (unpaired) electrons. The fourth-order valence-corrected chi connectivity index (χ4v) is 5.56. The predicted octanol–water partition coefficient (Wildman–Crippen LogP) is 5.04. The molecule has 1 saturated heterocycles. The van der Waals surface area contributed by atoms with E-state index >= 15 is 0 Å². The molecule has 2 N–H and O–H groups in total. The van der Waals surface area contributed by atoms with E-state index in [-0.39, 0.29) is 35.7 Å². The number of carbonyl (C=O) groups excluding carboxylic acids is 1. The van der Waals surface area contributed by atoms with Gasteiger partial charge in [0.15, 0.2) is 11.3 Å². The average Bonchev–Trinajstić information content (AvgIpc) is 3.27. The van der Waals surface area contributed by atoms with Crippen LogP contribution in [0.4, 0.5) is 11.4 Å². The van der Waals surface area contributed by atoms with Gasteiger partial charge in [0.25, 0.3) is 5.22 Å². The molecule has 11 heteroatoms. The number of carbonyl (C=O) groups is 1. The zero-order valence-electron chi connectivity index (χ0n) is 22.3. The van der Waals surface area contributed by atoms with E-state index in [0.29, 0.717) is 22.0 Å². The number of nitro benzene ring substituents is 1. The number of piperazine rings is 1. The van der Waals surface area contributed by atoms with Gasteiger partial charge in [0.1, 0.15) is 5.52 Å². The topological polar surface area (TPSA) is 125 Å². The Bertz CT molecular complexity index is 1270. The first-order chi connectivity index (χ1) is 18.1. The van der Waals surface area contributed by atoms with Crippen LogP contribution in [0, 0.1) is 10.1 Å². The highest BCUT2D eigenvalue weighted by Gasteiger charge is 2.28. The standard InChI is InChI=1S/C27H35N5O5S/c1-17(2)19-15-21(32(35)36)26(34)24(18(3)4)25(19)29-23(33)16-31-11-9-30(10-12-31)13-14-38-27-28-20-7-5-6-8-22(20)37-27/h5-8,15,17-18,34H,9-14,16H2,1-4H3,(H,29,33). The molecule has 204 valence electrons. The maximum Gasteiger partial charge on any atom is 0.311 e. The Labute approximate surface area is 226 Å². The number of nitro groups is 1. The van der Waals surface area contributed by atoms with Crippen molar-refractivity contribution in [2.75, 3.05) is 50.3 Å². The summed E-state index contributed by atoms with van der Waals surface area (Å²) in [6.07, 6.45) is 0. The summed E-state index contributed by atoms with van der Waals surface area (Å²) >= 11 is 1.60. The van der Waals surface area contributed by atoms with Crippen molar-refractivity contribution in [3.8, 4) is 5.75 Å². The lowest BCUT2D eigenvalue weighted by atomic mass is 9.90. The molecule has 0 aliphatic carbocycles. The zero-order chi connectivity index (χ0) is 27.4. The summed E-state index contributed by atoms with van der Waals surface area (Å²) in [6, 6.07) is 9.11. The minimum atomic E-state index is -0.579. The number of hydrogen-bond donors (Lipinski definition) is 2. The van der Waals surface area contributed by atoms with Crippen molar-refractivity contribution in [2.24, 2.45) is 0 Å². The summed E-state index contributed by atoms with van der Waals surface area (Å²) in [6.45, 7) is 11.9. The van der Waals surface area contributed by atoms with Gasteiger partial charge >= 0.3 is 5.69 Å². The van der Waals surface area contributed by atoms with E-state index < -0.39 is 4.92 Å². The first kappa shape index (κ1) is 27.9. The molecule has 1 amide bonds. The molecule has 38 heavy (non-hydrogen) atoms. The normalized spacial score (nSPS) is 15.0. The predicted molar refractivity (Wildman–Crippen MR) is 149 cm³/mol. The first-order valence-corrected chi connectivity index (χ1v) is 13.9. The largest absolute Gasteiger partial charge is 0.502 e. The Kier molecular flexibility index (Phi) is 8.91. The number of nitrogens with zero attached hydrogens (tertiary/aromatic N) is 4. The maximum absolute atomic E-state index is 13.0. The number of phenolic OH excluding ortho intramolecular Hbond substituents is 1. The Morgan fingerprint density at radius 2 is 1.84 bits per heavy atom. The van der Waals surface area contributed by atoms with Crippen LogP contribution in [-0.2, 0) is 4.79 Å². The molecule has 0 unspecified atom stereocenters. The Hall–Kier alpha value is -3.15. The van der Waals surface area contributed by atoms with Crippen molar-refractivity contribution in [3.63, 3.8) is 0 Å². The fraction of sp³-hybridized carbons (Fsp3) is 0.481. The second kappa shape index (κ2) is 12.1. The van der Waals surface area contributed by atoms with Crippen LogP contribution in [0.15, 0.2) is 40.0 Å². The SMILES string of the molecule is CC(C)c1cc([N+](=O)[O-])c(O)c(C(C)C)c1NC(=O)CN1CCN(CCSc2nc3ccccc3o2)CC1. The number of thioether (sulfide) groups is 1.